The number of carboxylic acid groups (broad SMARTS) is 1. The molecule has 0 radical (unpaired) electrons. The molecule has 0 saturated heterocycles. The maximum atomic E-state index is 11.2. The predicted octanol–water partition coefficient (Wildman–Crippen LogP) is 2.56. The minimum atomic E-state index is -0.885. The van der Waals surface area contributed by atoms with E-state index in [1.165, 1.54) is 0 Å². The molecule has 0 bridgehead atoms. The van der Waals surface area contributed by atoms with Gasteiger partial charge in [-0.05, 0) is 37.8 Å². The number of pyridine rings is 1. The number of aromatic nitrogens is 5. The first-order valence-electron chi connectivity index (χ1n) is 6.39. The van der Waals surface area contributed by atoms with Gasteiger partial charge >= 0.3 is 5.97 Å². The van der Waals surface area contributed by atoms with Crippen molar-refractivity contribution in [3.05, 3.63) is 22.9 Å². The van der Waals surface area contributed by atoms with Crippen LogP contribution in [0.25, 0.3) is 11.4 Å². The van der Waals surface area contributed by atoms with Crippen molar-refractivity contribution in [1.82, 2.24) is 25.2 Å². The van der Waals surface area contributed by atoms with Crippen LogP contribution in [0.4, 0.5) is 0 Å². The molecule has 2 heterocycles. The van der Waals surface area contributed by atoms with Gasteiger partial charge in [0.05, 0.1) is 12.5 Å². The summed E-state index contributed by atoms with van der Waals surface area (Å²) < 4.78 is 2.37. The lowest BCUT2D eigenvalue weighted by atomic mass is 9.84. The highest BCUT2D eigenvalue weighted by molar-refractivity contribution is 9.10. The Bertz CT molecular complexity index is 650. The Morgan fingerprint density at radius 3 is 2.71 bits per heavy atom. The molecule has 0 spiro atoms. The zero-order valence-electron chi connectivity index (χ0n) is 12.0. The Morgan fingerprint density at radius 2 is 2.14 bits per heavy atom. The third kappa shape index (κ3) is 3.63. The van der Waals surface area contributed by atoms with Gasteiger partial charge in [-0.1, -0.05) is 20.8 Å². The zero-order chi connectivity index (χ0) is 15.6. The largest absolute Gasteiger partial charge is 0.481 e. The van der Waals surface area contributed by atoms with Crippen molar-refractivity contribution in [3.8, 4) is 11.4 Å². The number of aliphatic carboxylic acids is 1. The lowest BCUT2D eigenvalue weighted by Gasteiger charge is -2.29. The van der Waals surface area contributed by atoms with E-state index < -0.39 is 5.97 Å². The van der Waals surface area contributed by atoms with Crippen LogP contribution in [0.15, 0.2) is 22.9 Å². The molecule has 0 amide bonds. The molecular formula is C13H16BrN5O2. The summed E-state index contributed by atoms with van der Waals surface area (Å²) >= 11 is 3.35. The Hall–Kier alpha value is -1.83. The average Bonchev–Trinajstić information content (AvgIpc) is 2.83. The number of nitrogens with zero attached hydrogens (tertiary/aromatic N) is 5. The normalized spacial score (nSPS) is 13.1. The van der Waals surface area contributed by atoms with Crippen LogP contribution in [0.3, 0.4) is 0 Å². The molecule has 0 aliphatic heterocycles. The topological polar surface area (TPSA) is 93.8 Å². The number of rotatable bonds is 4. The third-order valence-corrected chi connectivity index (χ3v) is 3.55. The van der Waals surface area contributed by atoms with Crippen LogP contribution in [0, 0.1) is 5.41 Å². The van der Waals surface area contributed by atoms with Gasteiger partial charge < -0.3 is 5.11 Å². The fourth-order valence-electron chi connectivity index (χ4n) is 2.05. The van der Waals surface area contributed by atoms with Gasteiger partial charge in [-0.3, -0.25) is 9.78 Å². The van der Waals surface area contributed by atoms with Crippen LogP contribution in [-0.2, 0) is 4.79 Å². The van der Waals surface area contributed by atoms with Gasteiger partial charge in [-0.25, -0.2) is 4.68 Å². The maximum Gasteiger partial charge on any atom is 0.305 e. The highest BCUT2D eigenvalue weighted by Gasteiger charge is 2.32. The number of carboxylic acids is 1. The zero-order valence-corrected chi connectivity index (χ0v) is 13.6. The lowest BCUT2D eigenvalue weighted by molar-refractivity contribution is -0.138. The summed E-state index contributed by atoms with van der Waals surface area (Å²) in [4.78, 5) is 15.2. The second-order valence-corrected chi connectivity index (χ2v) is 6.73. The molecule has 0 saturated carbocycles. The summed E-state index contributed by atoms with van der Waals surface area (Å²) in [6, 6.07) is 1.48. The quantitative estimate of drug-likeness (QED) is 0.907. The Morgan fingerprint density at radius 1 is 1.43 bits per heavy atom. The van der Waals surface area contributed by atoms with Gasteiger partial charge in [0.1, 0.15) is 0 Å². The smallest absolute Gasteiger partial charge is 0.305 e. The van der Waals surface area contributed by atoms with Crippen LogP contribution < -0.4 is 0 Å². The second-order valence-electron chi connectivity index (χ2n) is 5.82. The summed E-state index contributed by atoms with van der Waals surface area (Å²) in [6.45, 7) is 5.89. The Labute approximate surface area is 130 Å². The standard InChI is InChI=1S/C13H16BrN5O2/c1-13(2,3)10(5-11(20)21)19-12(16-17-18-19)8-4-9(14)7-15-6-8/h4,6-7,10H,5H2,1-3H3,(H,20,21). The van der Waals surface area contributed by atoms with Gasteiger partial charge in [-0.2, -0.15) is 0 Å². The molecule has 0 aliphatic carbocycles. The summed E-state index contributed by atoms with van der Waals surface area (Å²) in [5.41, 5.74) is 0.427. The van der Waals surface area contributed by atoms with Gasteiger partial charge in [0.15, 0.2) is 5.82 Å². The van der Waals surface area contributed by atoms with E-state index in [1.807, 2.05) is 26.8 Å². The van der Waals surface area contributed by atoms with E-state index >= 15 is 0 Å². The summed E-state index contributed by atoms with van der Waals surface area (Å²) in [5, 5.41) is 20.9. The van der Waals surface area contributed by atoms with E-state index in [0.29, 0.717) is 5.82 Å². The third-order valence-electron chi connectivity index (χ3n) is 3.12. The lowest BCUT2D eigenvalue weighted by Crippen LogP contribution is -2.28. The van der Waals surface area contributed by atoms with Gasteiger partial charge in [0.2, 0.25) is 0 Å². The molecule has 112 valence electrons. The minimum absolute atomic E-state index is 0.0526. The van der Waals surface area contributed by atoms with Crippen molar-refractivity contribution >= 4 is 21.9 Å². The Balaban J connectivity index is 2.49. The van der Waals surface area contributed by atoms with Gasteiger partial charge in [-0.15, -0.1) is 5.10 Å². The van der Waals surface area contributed by atoms with Crippen LogP contribution in [0.2, 0.25) is 0 Å². The molecule has 2 rings (SSSR count). The predicted molar refractivity (Wildman–Crippen MR) is 79.5 cm³/mol. The molecule has 0 aromatic carbocycles. The fourth-order valence-corrected chi connectivity index (χ4v) is 2.42. The Kier molecular flexibility index (Phi) is 4.36. The molecule has 2 aromatic rings. The molecular weight excluding hydrogens is 338 g/mol. The first kappa shape index (κ1) is 15.6. The van der Waals surface area contributed by atoms with Crippen LogP contribution in [0.5, 0.6) is 0 Å². The minimum Gasteiger partial charge on any atom is -0.481 e. The summed E-state index contributed by atoms with van der Waals surface area (Å²) in [5.74, 6) is -0.381. The van der Waals surface area contributed by atoms with E-state index in [9.17, 15) is 4.79 Å². The van der Waals surface area contributed by atoms with Gasteiger partial charge in [0, 0.05) is 22.4 Å². The number of tetrazole rings is 1. The molecule has 0 fully saturated rings. The van der Waals surface area contributed by atoms with Crippen molar-refractivity contribution in [1.29, 1.82) is 0 Å². The van der Waals surface area contributed by atoms with E-state index in [2.05, 4.69) is 36.4 Å². The molecule has 2 aromatic heterocycles. The van der Waals surface area contributed by atoms with Crippen molar-refractivity contribution in [2.45, 2.75) is 33.2 Å². The molecule has 1 unspecified atom stereocenters. The SMILES string of the molecule is CC(C)(C)C(CC(=O)O)n1nnnc1-c1cncc(Br)c1. The molecule has 1 atom stereocenters. The number of carbonyl (C=O) groups is 1. The van der Waals surface area contributed by atoms with Gasteiger partial charge in [0.25, 0.3) is 0 Å². The number of halogens is 1. The van der Waals surface area contributed by atoms with Crippen LogP contribution >= 0.6 is 15.9 Å². The van der Waals surface area contributed by atoms with Crippen molar-refractivity contribution < 1.29 is 9.90 Å². The highest BCUT2D eigenvalue weighted by Crippen LogP contribution is 2.35. The summed E-state index contributed by atoms with van der Waals surface area (Å²) in [7, 11) is 0. The monoisotopic (exact) mass is 353 g/mol. The van der Waals surface area contributed by atoms with Crippen molar-refractivity contribution in [3.63, 3.8) is 0 Å². The first-order chi connectivity index (χ1) is 9.79. The van der Waals surface area contributed by atoms with Crippen LogP contribution in [-0.4, -0.2) is 36.3 Å². The molecule has 7 nitrogen and oxygen atoms in total. The molecule has 8 heteroatoms. The number of hydrogen-bond donors (Lipinski definition) is 1. The molecule has 1 N–H and O–H groups in total. The van der Waals surface area contributed by atoms with E-state index in [0.717, 1.165) is 10.0 Å². The van der Waals surface area contributed by atoms with E-state index in [-0.39, 0.29) is 17.9 Å². The second kappa shape index (κ2) is 5.88. The number of hydrogen-bond acceptors (Lipinski definition) is 5. The maximum absolute atomic E-state index is 11.2. The molecule has 0 aliphatic rings. The average molecular weight is 354 g/mol. The fraction of sp³-hybridized carbons (Fsp3) is 0.462. The first-order valence-corrected chi connectivity index (χ1v) is 7.19. The van der Waals surface area contributed by atoms with Crippen molar-refractivity contribution in [2.24, 2.45) is 5.41 Å². The summed E-state index contributed by atoms with van der Waals surface area (Å²) in [6.07, 6.45) is 3.26. The highest BCUT2D eigenvalue weighted by atomic mass is 79.9. The van der Waals surface area contributed by atoms with E-state index in [1.54, 1.807) is 17.1 Å². The van der Waals surface area contributed by atoms with Crippen LogP contribution in [0.1, 0.15) is 33.2 Å². The van der Waals surface area contributed by atoms with E-state index in [4.69, 9.17) is 5.11 Å². The molecule has 21 heavy (non-hydrogen) atoms. The van der Waals surface area contributed by atoms with Crippen molar-refractivity contribution in [2.75, 3.05) is 0 Å².